The quantitative estimate of drug-likeness (QED) is 0.504. The topological polar surface area (TPSA) is 18.5 Å². The van der Waals surface area contributed by atoms with Gasteiger partial charge in [0.15, 0.2) is 0 Å². The first-order valence-electron chi connectivity index (χ1n) is 5.31. The van der Waals surface area contributed by atoms with E-state index in [2.05, 4.69) is 25.6 Å². The molecule has 82 valence electrons. The van der Waals surface area contributed by atoms with Gasteiger partial charge >= 0.3 is 0 Å². The fourth-order valence-corrected chi connectivity index (χ4v) is 1.33. The maximum absolute atomic E-state index is 5.47. The van der Waals surface area contributed by atoms with Crippen molar-refractivity contribution in [3.05, 3.63) is 42.7 Å². The number of ether oxygens (including phenoxy) is 2. The van der Waals surface area contributed by atoms with E-state index in [0.717, 1.165) is 12.2 Å². The molecule has 0 radical (unpaired) electrons. The van der Waals surface area contributed by atoms with Crippen LogP contribution in [0.2, 0.25) is 0 Å². The van der Waals surface area contributed by atoms with E-state index >= 15 is 0 Å². The predicted octanol–water partition coefficient (Wildman–Crippen LogP) is 3.18. The Balaban J connectivity index is 2.32. The zero-order valence-electron chi connectivity index (χ0n) is 9.24. The van der Waals surface area contributed by atoms with Gasteiger partial charge in [0.05, 0.1) is 6.26 Å². The zero-order chi connectivity index (χ0) is 10.9. The smallest absolute Gasteiger partial charge is 0.122 e. The van der Waals surface area contributed by atoms with E-state index in [1.165, 1.54) is 18.2 Å². The normalized spacial score (nSPS) is 9.67. The van der Waals surface area contributed by atoms with Crippen LogP contribution >= 0.6 is 0 Å². The molecule has 0 aromatic heterocycles. The maximum atomic E-state index is 5.47. The largest absolute Gasteiger partial charge is 0.498 e. The molecule has 0 amide bonds. The fraction of sp³-hybridized carbons (Fsp3) is 0.385. The highest BCUT2D eigenvalue weighted by Gasteiger charge is 1.94. The molecule has 0 heterocycles. The summed E-state index contributed by atoms with van der Waals surface area (Å²) < 4.78 is 10.4. The van der Waals surface area contributed by atoms with Crippen LogP contribution in [0.4, 0.5) is 0 Å². The molecule has 0 atom stereocenters. The van der Waals surface area contributed by atoms with Crippen LogP contribution in [-0.4, -0.2) is 13.2 Å². The molecule has 1 aromatic rings. The van der Waals surface area contributed by atoms with E-state index in [-0.39, 0.29) is 0 Å². The third-order valence-electron chi connectivity index (χ3n) is 2.05. The van der Waals surface area contributed by atoms with E-state index in [9.17, 15) is 0 Å². The average Bonchev–Trinajstić information content (AvgIpc) is 2.27. The van der Waals surface area contributed by atoms with Crippen molar-refractivity contribution in [3.8, 4) is 5.75 Å². The fourth-order valence-electron chi connectivity index (χ4n) is 1.33. The molecule has 1 aromatic carbocycles. The Bertz CT molecular complexity index is 277. The molecule has 2 nitrogen and oxygen atoms in total. The molecule has 0 saturated carbocycles. The van der Waals surface area contributed by atoms with Crippen molar-refractivity contribution in [2.45, 2.75) is 19.8 Å². The first-order valence-corrected chi connectivity index (χ1v) is 5.31. The summed E-state index contributed by atoms with van der Waals surface area (Å²) in [5.74, 6) is 0.891. The molecule has 0 saturated heterocycles. The molecule has 2 heteroatoms. The summed E-state index contributed by atoms with van der Waals surface area (Å²) in [6.07, 6.45) is 3.72. The summed E-state index contributed by atoms with van der Waals surface area (Å²) in [6.45, 7) is 6.73. The molecular weight excluding hydrogens is 188 g/mol. The Morgan fingerprint density at radius 1 is 1.20 bits per heavy atom. The summed E-state index contributed by atoms with van der Waals surface area (Å²) in [7, 11) is 0. The number of aryl methyl sites for hydroxylation is 1. The lowest BCUT2D eigenvalue weighted by Gasteiger charge is -2.06. The number of benzene rings is 1. The van der Waals surface area contributed by atoms with Crippen LogP contribution in [0.1, 0.15) is 18.9 Å². The molecule has 0 aliphatic carbocycles. The third-order valence-corrected chi connectivity index (χ3v) is 2.05. The van der Waals surface area contributed by atoms with E-state index in [0.29, 0.717) is 13.2 Å². The SMILES string of the molecule is C=COCCOc1ccc(CCC)cc1. The summed E-state index contributed by atoms with van der Waals surface area (Å²) in [5, 5.41) is 0. The van der Waals surface area contributed by atoms with Crippen molar-refractivity contribution < 1.29 is 9.47 Å². The summed E-state index contributed by atoms with van der Waals surface area (Å²) in [5.41, 5.74) is 1.35. The van der Waals surface area contributed by atoms with Gasteiger partial charge in [-0.3, -0.25) is 0 Å². The highest BCUT2D eigenvalue weighted by Crippen LogP contribution is 2.13. The minimum Gasteiger partial charge on any atom is -0.498 e. The van der Waals surface area contributed by atoms with E-state index in [1.54, 1.807) is 0 Å². The Kier molecular flexibility index (Phi) is 5.38. The second-order valence-corrected chi connectivity index (χ2v) is 3.28. The second kappa shape index (κ2) is 6.93. The Labute approximate surface area is 91.5 Å². The van der Waals surface area contributed by atoms with Crippen molar-refractivity contribution in [1.29, 1.82) is 0 Å². The van der Waals surface area contributed by atoms with Crippen LogP contribution in [0.5, 0.6) is 5.75 Å². The van der Waals surface area contributed by atoms with Gasteiger partial charge in [-0.25, -0.2) is 0 Å². The number of rotatable bonds is 7. The highest BCUT2D eigenvalue weighted by atomic mass is 16.5. The van der Waals surface area contributed by atoms with Gasteiger partial charge < -0.3 is 9.47 Å². The summed E-state index contributed by atoms with van der Waals surface area (Å²) in [6, 6.07) is 8.21. The molecule has 0 unspecified atom stereocenters. The molecule has 0 N–H and O–H groups in total. The van der Waals surface area contributed by atoms with Crippen LogP contribution in [0.3, 0.4) is 0 Å². The first kappa shape index (κ1) is 11.6. The monoisotopic (exact) mass is 206 g/mol. The predicted molar refractivity (Wildman–Crippen MR) is 62.1 cm³/mol. The Morgan fingerprint density at radius 2 is 1.93 bits per heavy atom. The molecule has 0 fully saturated rings. The van der Waals surface area contributed by atoms with Crippen molar-refractivity contribution in [1.82, 2.24) is 0 Å². The van der Waals surface area contributed by atoms with Crippen LogP contribution < -0.4 is 4.74 Å². The van der Waals surface area contributed by atoms with Crippen molar-refractivity contribution in [3.63, 3.8) is 0 Å². The van der Waals surface area contributed by atoms with Crippen LogP contribution in [0.15, 0.2) is 37.1 Å². The molecule has 0 bridgehead atoms. The molecule has 0 aliphatic rings. The minimum absolute atomic E-state index is 0.542. The van der Waals surface area contributed by atoms with Gasteiger partial charge in [0.2, 0.25) is 0 Å². The van der Waals surface area contributed by atoms with Gasteiger partial charge in [-0.1, -0.05) is 32.1 Å². The lowest BCUT2D eigenvalue weighted by molar-refractivity contribution is 0.179. The van der Waals surface area contributed by atoms with E-state index < -0.39 is 0 Å². The molecular formula is C13H18O2. The maximum Gasteiger partial charge on any atom is 0.122 e. The summed E-state index contributed by atoms with van der Waals surface area (Å²) in [4.78, 5) is 0. The second-order valence-electron chi connectivity index (χ2n) is 3.28. The van der Waals surface area contributed by atoms with Gasteiger partial charge in [-0.15, -0.1) is 0 Å². The van der Waals surface area contributed by atoms with E-state index in [1.807, 2.05) is 12.1 Å². The van der Waals surface area contributed by atoms with E-state index in [4.69, 9.17) is 9.47 Å². The first-order chi connectivity index (χ1) is 7.36. The zero-order valence-corrected chi connectivity index (χ0v) is 9.24. The van der Waals surface area contributed by atoms with Crippen molar-refractivity contribution in [2.75, 3.05) is 13.2 Å². The molecule has 15 heavy (non-hydrogen) atoms. The Morgan fingerprint density at radius 3 is 2.53 bits per heavy atom. The lowest BCUT2D eigenvalue weighted by atomic mass is 10.1. The number of hydrogen-bond donors (Lipinski definition) is 0. The molecule has 1 rings (SSSR count). The number of hydrogen-bond acceptors (Lipinski definition) is 2. The van der Waals surface area contributed by atoms with Crippen LogP contribution in [0, 0.1) is 0 Å². The van der Waals surface area contributed by atoms with Gasteiger partial charge in [0, 0.05) is 0 Å². The van der Waals surface area contributed by atoms with Gasteiger partial charge in [-0.2, -0.15) is 0 Å². The van der Waals surface area contributed by atoms with Crippen LogP contribution in [-0.2, 0) is 11.2 Å². The summed E-state index contributed by atoms with van der Waals surface area (Å²) >= 11 is 0. The molecule has 0 spiro atoms. The average molecular weight is 206 g/mol. The van der Waals surface area contributed by atoms with Crippen LogP contribution in [0.25, 0.3) is 0 Å². The van der Waals surface area contributed by atoms with Crippen molar-refractivity contribution >= 4 is 0 Å². The standard InChI is InChI=1S/C13H18O2/c1-3-5-12-6-8-13(9-7-12)15-11-10-14-4-2/h4,6-9H,2-3,5,10-11H2,1H3. The highest BCUT2D eigenvalue weighted by molar-refractivity contribution is 5.27. The molecule has 0 aliphatic heterocycles. The van der Waals surface area contributed by atoms with Gasteiger partial charge in [0.25, 0.3) is 0 Å². The van der Waals surface area contributed by atoms with Gasteiger partial charge in [-0.05, 0) is 24.1 Å². The minimum atomic E-state index is 0.542. The van der Waals surface area contributed by atoms with Crippen molar-refractivity contribution in [2.24, 2.45) is 0 Å². The van der Waals surface area contributed by atoms with Gasteiger partial charge in [0.1, 0.15) is 19.0 Å². The lowest BCUT2D eigenvalue weighted by Crippen LogP contribution is -2.03. The Hall–Kier alpha value is -1.44. The third kappa shape index (κ3) is 4.54.